The van der Waals surface area contributed by atoms with Crippen molar-refractivity contribution in [2.24, 2.45) is 0 Å². The molecule has 0 heterocycles. The predicted molar refractivity (Wildman–Crippen MR) is 41.2 cm³/mol. The SMILES string of the molecule is Cc1ccc(Cl)c(Cl)c1.[Zn]. The Hall–Kier alpha value is 0.423. The zero-order chi connectivity index (χ0) is 6.85. The molecule has 0 N–H and O–H groups in total. The Kier molecular flexibility index (Phi) is 4.52. The molecule has 0 fully saturated rings. The van der Waals surface area contributed by atoms with Crippen molar-refractivity contribution in [3.8, 4) is 0 Å². The van der Waals surface area contributed by atoms with Gasteiger partial charge in [-0.25, -0.2) is 0 Å². The van der Waals surface area contributed by atoms with Crippen molar-refractivity contribution in [3.05, 3.63) is 33.8 Å². The molecular formula is C7H6Cl2Zn. The van der Waals surface area contributed by atoms with E-state index in [2.05, 4.69) is 0 Å². The third-order valence-corrected chi connectivity index (χ3v) is 1.81. The average Bonchev–Trinajstić information content (AvgIpc) is 1.80. The summed E-state index contributed by atoms with van der Waals surface area (Å²) in [5, 5.41) is 1.24. The molecule has 0 aliphatic carbocycles. The maximum atomic E-state index is 5.68. The average molecular weight is 226 g/mol. The molecule has 1 rings (SSSR count). The zero-order valence-corrected chi connectivity index (χ0v) is 10.2. The minimum atomic E-state index is 0. The van der Waals surface area contributed by atoms with Gasteiger partial charge in [-0.1, -0.05) is 29.3 Å². The van der Waals surface area contributed by atoms with Gasteiger partial charge in [-0.05, 0) is 24.6 Å². The minimum Gasteiger partial charge on any atom is -0.0827 e. The third-order valence-electron chi connectivity index (χ3n) is 1.08. The van der Waals surface area contributed by atoms with Gasteiger partial charge in [0.15, 0.2) is 0 Å². The molecule has 0 spiro atoms. The van der Waals surface area contributed by atoms with E-state index >= 15 is 0 Å². The van der Waals surface area contributed by atoms with Crippen molar-refractivity contribution in [1.29, 1.82) is 0 Å². The maximum Gasteiger partial charge on any atom is 0.0594 e. The number of hydrogen-bond acceptors (Lipinski definition) is 0. The van der Waals surface area contributed by atoms with Gasteiger partial charge in [0.2, 0.25) is 0 Å². The quantitative estimate of drug-likeness (QED) is 0.596. The van der Waals surface area contributed by atoms with Gasteiger partial charge in [-0.2, -0.15) is 0 Å². The fraction of sp³-hybridized carbons (Fsp3) is 0.143. The van der Waals surface area contributed by atoms with Crippen LogP contribution in [0.25, 0.3) is 0 Å². The third kappa shape index (κ3) is 2.58. The molecule has 10 heavy (non-hydrogen) atoms. The molecule has 50 valence electrons. The number of rotatable bonds is 0. The monoisotopic (exact) mass is 224 g/mol. The summed E-state index contributed by atoms with van der Waals surface area (Å²) in [4.78, 5) is 0. The van der Waals surface area contributed by atoms with Crippen LogP contribution in [0.5, 0.6) is 0 Å². The zero-order valence-electron chi connectivity index (χ0n) is 5.70. The molecule has 0 saturated heterocycles. The van der Waals surface area contributed by atoms with Gasteiger partial charge in [0.25, 0.3) is 0 Å². The molecule has 0 saturated carbocycles. The Morgan fingerprint density at radius 1 is 1.10 bits per heavy atom. The van der Waals surface area contributed by atoms with E-state index in [4.69, 9.17) is 23.2 Å². The van der Waals surface area contributed by atoms with E-state index in [1.165, 1.54) is 0 Å². The number of benzene rings is 1. The molecule has 0 aliphatic rings. The van der Waals surface area contributed by atoms with Gasteiger partial charge in [0.05, 0.1) is 10.0 Å². The van der Waals surface area contributed by atoms with Gasteiger partial charge in [-0.15, -0.1) is 0 Å². The summed E-state index contributed by atoms with van der Waals surface area (Å²) in [5.74, 6) is 0. The van der Waals surface area contributed by atoms with Crippen LogP contribution in [0.2, 0.25) is 10.0 Å². The normalized spacial score (nSPS) is 8.70. The molecular weight excluding hydrogens is 220 g/mol. The molecule has 0 aliphatic heterocycles. The van der Waals surface area contributed by atoms with Crippen molar-refractivity contribution in [1.82, 2.24) is 0 Å². The Morgan fingerprint density at radius 3 is 2.10 bits per heavy atom. The molecule has 0 atom stereocenters. The van der Waals surface area contributed by atoms with Crippen LogP contribution >= 0.6 is 23.2 Å². The molecule has 3 heteroatoms. The molecule has 1 aromatic rings. The molecule has 0 amide bonds. The fourth-order valence-electron chi connectivity index (χ4n) is 0.601. The summed E-state index contributed by atoms with van der Waals surface area (Å²) < 4.78 is 0. The van der Waals surface area contributed by atoms with E-state index < -0.39 is 0 Å². The standard InChI is InChI=1S/C7H6Cl2.Zn/c1-5-2-3-6(8)7(9)4-5;/h2-4H,1H3;. The van der Waals surface area contributed by atoms with E-state index in [0.717, 1.165) is 5.56 Å². The van der Waals surface area contributed by atoms with Crippen LogP contribution in [0.1, 0.15) is 5.56 Å². The van der Waals surface area contributed by atoms with Crippen LogP contribution in [0.3, 0.4) is 0 Å². The molecule has 0 nitrogen and oxygen atoms in total. The second-order valence-corrected chi connectivity index (χ2v) is 2.73. The Labute approximate surface area is 83.3 Å². The van der Waals surface area contributed by atoms with E-state index in [1.807, 2.05) is 19.1 Å². The van der Waals surface area contributed by atoms with E-state index in [-0.39, 0.29) is 19.5 Å². The summed E-state index contributed by atoms with van der Waals surface area (Å²) in [5.41, 5.74) is 1.13. The molecule has 0 bridgehead atoms. The minimum absolute atomic E-state index is 0. The number of halogens is 2. The maximum absolute atomic E-state index is 5.68. The smallest absolute Gasteiger partial charge is 0.0594 e. The van der Waals surface area contributed by atoms with Crippen molar-refractivity contribution in [3.63, 3.8) is 0 Å². The van der Waals surface area contributed by atoms with Crippen molar-refractivity contribution >= 4 is 23.2 Å². The fourth-order valence-corrected chi connectivity index (χ4v) is 0.954. The van der Waals surface area contributed by atoms with Crippen LogP contribution in [-0.4, -0.2) is 0 Å². The van der Waals surface area contributed by atoms with E-state index in [0.29, 0.717) is 10.0 Å². The van der Waals surface area contributed by atoms with Crippen LogP contribution in [0.4, 0.5) is 0 Å². The number of aryl methyl sites for hydroxylation is 1. The Morgan fingerprint density at radius 2 is 1.70 bits per heavy atom. The topological polar surface area (TPSA) is 0 Å². The first kappa shape index (κ1) is 10.4. The predicted octanol–water partition coefficient (Wildman–Crippen LogP) is 3.30. The Bertz CT molecular complexity index is 223. The van der Waals surface area contributed by atoms with E-state index in [9.17, 15) is 0 Å². The molecule has 0 radical (unpaired) electrons. The summed E-state index contributed by atoms with van der Waals surface area (Å²) in [6.45, 7) is 1.97. The van der Waals surface area contributed by atoms with Crippen LogP contribution in [-0.2, 0) is 19.5 Å². The summed E-state index contributed by atoms with van der Waals surface area (Å²) in [6, 6.07) is 5.55. The van der Waals surface area contributed by atoms with Crippen molar-refractivity contribution in [2.45, 2.75) is 6.92 Å². The summed E-state index contributed by atoms with van der Waals surface area (Å²) in [7, 11) is 0. The van der Waals surface area contributed by atoms with Crippen molar-refractivity contribution < 1.29 is 19.5 Å². The van der Waals surface area contributed by atoms with Gasteiger partial charge >= 0.3 is 0 Å². The van der Waals surface area contributed by atoms with Crippen molar-refractivity contribution in [2.75, 3.05) is 0 Å². The molecule has 0 unspecified atom stereocenters. The van der Waals surface area contributed by atoms with Crippen LogP contribution in [0, 0.1) is 6.92 Å². The molecule has 1 aromatic carbocycles. The largest absolute Gasteiger partial charge is 0.0827 e. The number of hydrogen-bond donors (Lipinski definition) is 0. The first-order valence-electron chi connectivity index (χ1n) is 2.62. The van der Waals surface area contributed by atoms with E-state index in [1.54, 1.807) is 6.07 Å². The van der Waals surface area contributed by atoms with Crippen LogP contribution in [0.15, 0.2) is 18.2 Å². The van der Waals surface area contributed by atoms with Gasteiger partial charge < -0.3 is 0 Å². The second kappa shape index (κ2) is 4.33. The van der Waals surface area contributed by atoms with Gasteiger partial charge in [-0.3, -0.25) is 0 Å². The second-order valence-electron chi connectivity index (χ2n) is 1.92. The summed E-state index contributed by atoms with van der Waals surface area (Å²) >= 11 is 11.3. The van der Waals surface area contributed by atoms with Gasteiger partial charge in [0.1, 0.15) is 0 Å². The first-order valence-corrected chi connectivity index (χ1v) is 3.37. The molecule has 0 aromatic heterocycles. The van der Waals surface area contributed by atoms with Gasteiger partial charge in [0, 0.05) is 19.5 Å². The Balaban J connectivity index is 0.000000810. The van der Waals surface area contributed by atoms with Crippen LogP contribution < -0.4 is 0 Å². The first-order chi connectivity index (χ1) is 4.20. The summed E-state index contributed by atoms with van der Waals surface area (Å²) in [6.07, 6.45) is 0.